The maximum absolute atomic E-state index is 12.3. The molecule has 0 bridgehead atoms. The van der Waals surface area contributed by atoms with Crippen molar-refractivity contribution >= 4 is 34.8 Å². The normalized spacial score (nSPS) is 12.1. The molecule has 0 aliphatic rings. The number of aromatic nitrogens is 2. The van der Waals surface area contributed by atoms with Crippen LogP contribution in [0.15, 0.2) is 18.2 Å². The number of aryl methyl sites for hydroxylation is 1. The molecule has 1 amide bonds. The maximum atomic E-state index is 12.3. The first kappa shape index (κ1) is 17.6. The fraction of sp³-hybridized carbons (Fsp3) is 0.375. The molecule has 0 aliphatic heterocycles. The van der Waals surface area contributed by atoms with Gasteiger partial charge < -0.3 is 10.1 Å². The number of hydrogen-bond acceptors (Lipinski definition) is 3. The van der Waals surface area contributed by atoms with Crippen molar-refractivity contribution < 1.29 is 9.53 Å². The SMILES string of the molecule is COc1ccc(Cl)cc1NC(=O)CC(C)n1nc(C)c(Cl)c1C. The average Bonchev–Trinajstić information content (AvgIpc) is 2.75. The van der Waals surface area contributed by atoms with Crippen LogP contribution in [-0.4, -0.2) is 22.8 Å². The van der Waals surface area contributed by atoms with Crippen molar-refractivity contribution in [2.45, 2.75) is 33.2 Å². The number of anilines is 1. The number of hydrogen-bond donors (Lipinski definition) is 1. The number of nitrogens with one attached hydrogen (secondary N) is 1. The zero-order chi connectivity index (χ0) is 17.1. The van der Waals surface area contributed by atoms with E-state index in [1.807, 2.05) is 20.8 Å². The molecule has 1 atom stereocenters. The number of ether oxygens (including phenoxy) is 1. The monoisotopic (exact) mass is 355 g/mol. The van der Waals surface area contributed by atoms with Crippen LogP contribution in [0, 0.1) is 13.8 Å². The highest BCUT2D eigenvalue weighted by atomic mass is 35.5. The van der Waals surface area contributed by atoms with Gasteiger partial charge in [0.1, 0.15) is 5.75 Å². The van der Waals surface area contributed by atoms with E-state index in [4.69, 9.17) is 27.9 Å². The summed E-state index contributed by atoms with van der Waals surface area (Å²) in [5.74, 6) is 0.409. The predicted octanol–water partition coefficient (Wildman–Crippen LogP) is 4.41. The van der Waals surface area contributed by atoms with Crippen molar-refractivity contribution in [1.29, 1.82) is 0 Å². The quantitative estimate of drug-likeness (QED) is 0.864. The Labute approximate surface area is 145 Å². The minimum atomic E-state index is -0.151. The number of carbonyl (C=O) groups excluding carboxylic acids is 1. The third-order valence-electron chi connectivity index (χ3n) is 3.57. The molecule has 2 aromatic rings. The van der Waals surface area contributed by atoms with Gasteiger partial charge in [-0.1, -0.05) is 23.2 Å². The predicted molar refractivity (Wildman–Crippen MR) is 92.7 cm³/mol. The smallest absolute Gasteiger partial charge is 0.226 e. The molecule has 0 radical (unpaired) electrons. The second-order valence-electron chi connectivity index (χ2n) is 5.38. The van der Waals surface area contributed by atoms with E-state index in [-0.39, 0.29) is 18.4 Å². The molecule has 1 aromatic heterocycles. The Morgan fingerprint density at radius 3 is 2.65 bits per heavy atom. The average molecular weight is 356 g/mol. The number of rotatable bonds is 5. The summed E-state index contributed by atoms with van der Waals surface area (Å²) in [6.07, 6.45) is 0.258. The van der Waals surface area contributed by atoms with E-state index in [0.717, 1.165) is 11.4 Å². The minimum Gasteiger partial charge on any atom is -0.495 e. The molecule has 0 saturated carbocycles. The Balaban J connectivity index is 2.10. The van der Waals surface area contributed by atoms with E-state index in [9.17, 15) is 4.79 Å². The summed E-state index contributed by atoms with van der Waals surface area (Å²) in [6.45, 7) is 5.65. The third kappa shape index (κ3) is 3.98. The largest absolute Gasteiger partial charge is 0.495 e. The van der Waals surface area contributed by atoms with Crippen LogP contribution in [-0.2, 0) is 4.79 Å². The topological polar surface area (TPSA) is 56.1 Å². The highest BCUT2D eigenvalue weighted by molar-refractivity contribution is 6.31. The molecular weight excluding hydrogens is 337 g/mol. The van der Waals surface area contributed by atoms with Gasteiger partial charge in [-0.3, -0.25) is 9.48 Å². The van der Waals surface area contributed by atoms with Crippen LogP contribution in [0.25, 0.3) is 0 Å². The van der Waals surface area contributed by atoms with Crippen molar-refractivity contribution in [3.8, 4) is 5.75 Å². The maximum Gasteiger partial charge on any atom is 0.226 e. The lowest BCUT2D eigenvalue weighted by atomic mass is 10.2. The fourth-order valence-electron chi connectivity index (χ4n) is 2.41. The summed E-state index contributed by atoms with van der Waals surface area (Å²) >= 11 is 12.1. The van der Waals surface area contributed by atoms with Gasteiger partial charge in [0.25, 0.3) is 0 Å². The van der Waals surface area contributed by atoms with Crippen molar-refractivity contribution in [3.05, 3.63) is 39.6 Å². The van der Waals surface area contributed by atoms with E-state index in [1.54, 1.807) is 30.0 Å². The van der Waals surface area contributed by atoms with Crippen LogP contribution in [0.4, 0.5) is 5.69 Å². The number of nitrogens with zero attached hydrogens (tertiary/aromatic N) is 2. The van der Waals surface area contributed by atoms with E-state index >= 15 is 0 Å². The molecular formula is C16H19Cl2N3O2. The number of methoxy groups -OCH3 is 1. The molecule has 1 unspecified atom stereocenters. The third-order valence-corrected chi connectivity index (χ3v) is 4.35. The summed E-state index contributed by atoms with van der Waals surface area (Å²) in [4.78, 5) is 12.3. The van der Waals surface area contributed by atoms with Gasteiger partial charge in [-0.05, 0) is 39.0 Å². The number of carbonyl (C=O) groups is 1. The lowest BCUT2D eigenvalue weighted by molar-refractivity contribution is -0.116. The van der Waals surface area contributed by atoms with E-state index in [2.05, 4.69) is 10.4 Å². The molecule has 7 heteroatoms. The van der Waals surface area contributed by atoms with Crippen LogP contribution in [0.1, 0.15) is 30.8 Å². The van der Waals surface area contributed by atoms with Gasteiger partial charge in [0.05, 0.1) is 35.2 Å². The van der Waals surface area contributed by atoms with Gasteiger partial charge in [0.2, 0.25) is 5.91 Å². The first-order valence-electron chi connectivity index (χ1n) is 7.18. The van der Waals surface area contributed by atoms with Gasteiger partial charge in [0.15, 0.2) is 0 Å². The summed E-state index contributed by atoms with van der Waals surface area (Å²) in [5.41, 5.74) is 2.15. The summed E-state index contributed by atoms with van der Waals surface area (Å²) in [5, 5.41) is 8.36. The molecule has 0 saturated heterocycles. The molecule has 1 N–H and O–H groups in total. The number of amides is 1. The van der Waals surface area contributed by atoms with Gasteiger partial charge in [-0.15, -0.1) is 0 Å². The van der Waals surface area contributed by atoms with E-state index in [0.29, 0.717) is 21.5 Å². The Kier molecular flexibility index (Phi) is 5.55. The van der Waals surface area contributed by atoms with Crippen molar-refractivity contribution in [1.82, 2.24) is 9.78 Å². The Hall–Kier alpha value is -1.72. The van der Waals surface area contributed by atoms with E-state index < -0.39 is 0 Å². The lowest BCUT2D eigenvalue weighted by Crippen LogP contribution is -2.19. The van der Waals surface area contributed by atoms with Gasteiger partial charge in [-0.2, -0.15) is 5.10 Å². The fourth-order valence-corrected chi connectivity index (χ4v) is 2.70. The molecule has 0 spiro atoms. The summed E-state index contributed by atoms with van der Waals surface area (Å²) < 4.78 is 6.99. The van der Waals surface area contributed by atoms with Crippen LogP contribution >= 0.6 is 23.2 Å². The highest BCUT2D eigenvalue weighted by Gasteiger charge is 2.18. The van der Waals surface area contributed by atoms with Gasteiger partial charge in [-0.25, -0.2) is 0 Å². The first-order chi connectivity index (χ1) is 10.8. The minimum absolute atomic E-state index is 0.119. The van der Waals surface area contributed by atoms with E-state index in [1.165, 1.54) is 0 Å². The van der Waals surface area contributed by atoms with Crippen LogP contribution in [0.2, 0.25) is 10.0 Å². The summed E-state index contributed by atoms with van der Waals surface area (Å²) in [7, 11) is 1.54. The zero-order valence-corrected chi connectivity index (χ0v) is 15.0. The molecule has 1 aromatic carbocycles. The Bertz CT molecular complexity index is 728. The molecule has 0 aliphatic carbocycles. The van der Waals surface area contributed by atoms with Crippen LogP contribution in [0.5, 0.6) is 5.75 Å². The van der Waals surface area contributed by atoms with Crippen LogP contribution in [0.3, 0.4) is 0 Å². The first-order valence-corrected chi connectivity index (χ1v) is 7.93. The zero-order valence-electron chi connectivity index (χ0n) is 13.5. The Morgan fingerprint density at radius 2 is 2.09 bits per heavy atom. The van der Waals surface area contributed by atoms with Crippen molar-refractivity contribution in [2.75, 3.05) is 12.4 Å². The molecule has 124 valence electrons. The molecule has 5 nitrogen and oxygen atoms in total. The number of halogens is 2. The molecule has 2 rings (SSSR count). The second-order valence-corrected chi connectivity index (χ2v) is 6.19. The lowest BCUT2D eigenvalue weighted by Gasteiger charge is -2.15. The van der Waals surface area contributed by atoms with Gasteiger partial charge >= 0.3 is 0 Å². The standard InChI is InChI=1S/C16H19Cl2N3O2/c1-9(21-11(3)16(18)10(2)20-21)7-15(22)19-13-8-12(17)5-6-14(13)23-4/h5-6,8-9H,7H2,1-4H3,(H,19,22). The summed E-state index contributed by atoms with van der Waals surface area (Å²) in [6, 6.07) is 4.95. The van der Waals surface area contributed by atoms with Gasteiger partial charge in [0, 0.05) is 11.4 Å². The molecule has 1 heterocycles. The molecule has 0 fully saturated rings. The van der Waals surface area contributed by atoms with Crippen molar-refractivity contribution in [3.63, 3.8) is 0 Å². The molecule has 23 heavy (non-hydrogen) atoms. The highest BCUT2D eigenvalue weighted by Crippen LogP contribution is 2.28. The second kappa shape index (κ2) is 7.23. The van der Waals surface area contributed by atoms with Crippen molar-refractivity contribution in [2.24, 2.45) is 0 Å². The Morgan fingerprint density at radius 1 is 1.39 bits per heavy atom. The number of benzene rings is 1. The van der Waals surface area contributed by atoms with Crippen LogP contribution < -0.4 is 10.1 Å².